The Balaban J connectivity index is 1.32. The van der Waals surface area contributed by atoms with Gasteiger partial charge in [0.1, 0.15) is 17.4 Å². The predicted octanol–water partition coefficient (Wildman–Crippen LogP) is 5.18. The molecule has 2 amide bonds. The Morgan fingerprint density at radius 2 is 1.74 bits per heavy atom. The minimum atomic E-state index is -0.607. The van der Waals surface area contributed by atoms with Crippen molar-refractivity contribution < 1.29 is 23.0 Å². The molecule has 178 valence electrons. The van der Waals surface area contributed by atoms with E-state index in [4.69, 9.17) is 9.47 Å². The van der Waals surface area contributed by atoms with Gasteiger partial charge in [0.25, 0.3) is 0 Å². The van der Waals surface area contributed by atoms with E-state index in [1.807, 2.05) is 0 Å². The number of ether oxygens (including phenoxy) is 2. The molecule has 0 aliphatic carbocycles. The average Bonchev–Trinajstić information content (AvgIpc) is 2.86. The van der Waals surface area contributed by atoms with E-state index in [0.717, 1.165) is 18.9 Å². The van der Waals surface area contributed by atoms with Crippen molar-refractivity contribution in [2.75, 3.05) is 41.8 Å². The Hall–Kier alpha value is -4.31. The van der Waals surface area contributed by atoms with E-state index in [-0.39, 0.29) is 11.4 Å². The van der Waals surface area contributed by atoms with Crippen molar-refractivity contribution in [3.63, 3.8) is 0 Å². The molecule has 0 atom stereocenters. The fraction of sp³-hybridized carbons (Fsp3) is 0.160. The Morgan fingerprint density at radius 1 is 0.943 bits per heavy atom. The number of fused-ring (bicyclic) bond motifs is 1. The van der Waals surface area contributed by atoms with Crippen LogP contribution in [0.4, 0.5) is 30.8 Å². The molecule has 5 rings (SSSR count). The summed E-state index contributed by atoms with van der Waals surface area (Å²) in [5.74, 6) is -0.0530. The topological polar surface area (TPSA) is 88.6 Å². The molecule has 4 aromatic rings. The van der Waals surface area contributed by atoms with E-state index in [1.54, 1.807) is 30.5 Å². The summed E-state index contributed by atoms with van der Waals surface area (Å²) in [6.45, 7) is 2.72. The Labute approximate surface area is 199 Å². The number of aromatic nitrogens is 2. The highest BCUT2D eigenvalue weighted by atomic mass is 19.1. The summed E-state index contributed by atoms with van der Waals surface area (Å²) in [4.78, 5) is 23.5. The minimum absolute atomic E-state index is 0.0785. The Kier molecular flexibility index (Phi) is 6.36. The van der Waals surface area contributed by atoms with E-state index in [0.29, 0.717) is 35.7 Å². The van der Waals surface area contributed by atoms with Gasteiger partial charge in [-0.05, 0) is 42.5 Å². The third-order valence-corrected chi connectivity index (χ3v) is 5.34. The molecular formula is C25H21F2N5O3. The fourth-order valence-electron chi connectivity index (χ4n) is 3.64. The molecule has 1 fully saturated rings. The van der Waals surface area contributed by atoms with Crippen LogP contribution in [0.2, 0.25) is 0 Å². The molecule has 3 aromatic carbocycles. The maximum absolute atomic E-state index is 14.5. The summed E-state index contributed by atoms with van der Waals surface area (Å²) in [6, 6.07) is 13.9. The van der Waals surface area contributed by atoms with Crippen molar-refractivity contribution in [2.45, 2.75) is 0 Å². The number of nitrogens with one attached hydrogen (secondary N) is 2. The summed E-state index contributed by atoms with van der Waals surface area (Å²) < 4.78 is 38.9. The largest absolute Gasteiger partial charge is 0.454 e. The normalized spacial score (nSPS) is 13.5. The van der Waals surface area contributed by atoms with E-state index in [2.05, 4.69) is 25.5 Å². The average molecular weight is 477 g/mol. The number of hydrogen-bond acceptors (Lipinski definition) is 6. The van der Waals surface area contributed by atoms with Crippen LogP contribution in [-0.4, -0.2) is 42.3 Å². The Morgan fingerprint density at radius 3 is 2.54 bits per heavy atom. The summed E-state index contributed by atoms with van der Waals surface area (Å²) in [7, 11) is 0. The van der Waals surface area contributed by atoms with Crippen molar-refractivity contribution in [2.24, 2.45) is 0 Å². The summed E-state index contributed by atoms with van der Waals surface area (Å²) in [5.41, 5.74) is 1.87. The number of anilines is 3. The molecule has 8 nitrogen and oxygen atoms in total. The molecule has 2 heterocycles. The summed E-state index contributed by atoms with van der Waals surface area (Å²) >= 11 is 0. The first-order chi connectivity index (χ1) is 17.0. The van der Waals surface area contributed by atoms with Crippen molar-refractivity contribution in [1.82, 2.24) is 9.97 Å². The fourth-order valence-corrected chi connectivity index (χ4v) is 3.64. The summed E-state index contributed by atoms with van der Waals surface area (Å²) in [5, 5.41) is 5.10. The molecule has 1 aliphatic rings. The number of carbonyl (C=O) groups is 1. The van der Waals surface area contributed by atoms with Crippen LogP contribution in [0, 0.1) is 11.6 Å². The van der Waals surface area contributed by atoms with Gasteiger partial charge in [0.05, 0.1) is 30.4 Å². The number of morpholine rings is 1. The van der Waals surface area contributed by atoms with Crippen molar-refractivity contribution in [1.29, 1.82) is 0 Å². The lowest BCUT2D eigenvalue weighted by Crippen LogP contribution is -2.36. The van der Waals surface area contributed by atoms with Crippen LogP contribution in [0.1, 0.15) is 0 Å². The number of urea groups is 1. The zero-order valence-corrected chi connectivity index (χ0v) is 18.5. The second-order valence-electron chi connectivity index (χ2n) is 7.81. The van der Waals surface area contributed by atoms with E-state index < -0.39 is 17.7 Å². The van der Waals surface area contributed by atoms with Gasteiger partial charge in [-0.25, -0.2) is 18.6 Å². The van der Waals surface area contributed by atoms with E-state index in [9.17, 15) is 13.6 Å². The van der Waals surface area contributed by atoms with Crippen LogP contribution in [0.25, 0.3) is 11.0 Å². The maximum Gasteiger partial charge on any atom is 0.323 e. The van der Waals surface area contributed by atoms with Crippen LogP contribution in [0.5, 0.6) is 11.5 Å². The number of amides is 2. The van der Waals surface area contributed by atoms with Crippen LogP contribution < -0.4 is 20.3 Å². The molecule has 1 aromatic heterocycles. The number of nitrogens with zero attached hydrogens (tertiary/aromatic N) is 3. The number of carbonyl (C=O) groups excluding carboxylic acids is 1. The van der Waals surface area contributed by atoms with Gasteiger partial charge in [-0.15, -0.1) is 0 Å². The van der Waals surface area contributed by atoms with Gasteiger partial charge in [-0.2, -0.15) is 0 Å². The molecule has 0 unspecified atom stereocenters. The highest BCUT2D eigenvalue weighted by molar-refractivity contribution is 5.99. The standard InChI is InChI=1S/C25H21F2N5O3/c26-16-2-1-3-17(12-16)29-25(33)30-18-4-6-20(27)23(13-18)35-19-5-7-21-22(14-19)31-24(15-28-21)32-8-10-34-11-9-32/h1-7,12-15H,8-11H2,(H2,29,30,33). The van der Waals surface area contributed by atoms with E-state index in [1.165, 1.54) is 36.4 Å². The Bertz CT molecular complexity index is 1380. The van der Waals surface area contributed by atoms with E-state index >= 15 is 0 Å². The first-order valence-corrected chi connectivity index (χ1v) is 10.9. The highest BCUT2D eigenvalue weighted by Crippen LogP contribution is 2.29. The highest BCUT2D eigenvalue weighted by Gasteiger charge is 2.14. The molecule has 2 N–H and O–H groups in total. The van der Waals surface area contributed by atoms with Gasteiger partial charge < -0.3 is 25.0 Å². The van der Waals surface area contributed by atoms with Gasteiger partial charge in [-0.1, -0.05) is 6.07 Å². The quantitative estimate of drug-likeness (QED) is 0.412. The van der Waals surface area contributed by atoms with Gasteiger partial charge in [0.2, 0.25) is 0 Å². The van der Waals surface area contributed by atoms with Crippen LogP contribution >= 0.6 is 0 Å². The van der Waals surface area contributed by atoms with Crippen LogP contribution in [-0.2, 0) is 4.74 Å². The molecule has 35 heavy (non-hydrogen) atoms. The first kappa shape index (κ1) is 22.5. The second kappa shape index (κ2) is 9.90. The van der Waals surface area contributed by atoms with Gasteiger partial charge in [0, 0.05) is 36.6 Å². The van der Waals surface area contributed by atoms with Gasteiger partial charge in [-0.3, -0.25) is 4.98 Å². The molecule has 10 heteroatoms. The monoisotopic (exact) mass is 477 g/mol. The molecule has 0 saturated carbocycles. The maximum atomic E-state index is 14.5. The molecule has 0 bridgehead atoms. The number of hydrogen-bond donors (Lipinski definition) is 2. The first-order valence-electron chi connectivity index (χ1n) is 10.9. The number of halogens is 2. The molecular weight excluding hydrogens is 456 g/mol. The number of benzene rings is 3. The minimum Gasteiger partial charge on any atom is -0.454 e. The van der Waals surface area contributed by atoms with Crippen LogP contribution in [0.3, 0.4) is 0 Å². The molecule has 1 aliphatic heterocycles. The zero-order valence-electron chi connectivity index (χ0n) is 18.5. The van der Waals surface area contributed by atoms with Crippen molar-refractivity contribution in [3.8, 4) is 11.5 Å². The SMILES string of the molecule is O=C(Nc1cccc(F)c1)Nc1ccc(F)c(Oc2ccc3ncc(N4CCOCC4)nc3c2)c1. The molecule has 0 spiro atoms. The number of rotatable bonds is 5. The molecule has 1 saturated heterocycles. The van der Waals surface area contributed by atoms with Crippen molar-refractivity contribution in [3.05, 3.63) is 78.5 Å². The second-order valence-corrected chi connectivity index (χ2v) is 7.81. The predicted molar refractivity (Wildman–Crippen MR) is 128 cm³/mol. The zero-order chi connectivity index (χ0) is 24.2. The molecule has 0 radical (unpaired) electrons. The lowest BCUT2D eigenvalue weighted by atomic mass is 10.2. The summed E-state index contributed by atoms with van der Waals surface area (Å²) in [6.07, 6.45) is 1.72. The third kappa shape index (κ3) is 5.44. The van der Waals surface area contributed by atoms with Gasteiger partial charge in [0.15, 0.2) is 11.6 Å². The van der Waals surface area contributed by atoms with Crippen LogP contribution in [0.15, 0.2) is 66.9 Å². The third-order valence-electron chi connectivity index (χ3n) is 5.34. The smallest absolute Gasteiger partial charge is 0.323 e. The van der Waals surface area contributed by atoms with Crippen molar-refractivity contribution >= 4 is 34.3 Å². The lowest BCUT2D eigenvalue weighted by Gasteiger charge is -2.27. The lowest BCUT2D eigenvalue weighted by molar-refractivity contribution is 0.122. The van der Waals surface area contributed by atoms with Gasteiger partial charge >= 0.3 is 6.03 Å².